The van der Waals surface area contributed by atoms with Crippen LogP contribution in [0.4, 0.5) is 0 Å². The minimum atomic E-state index is -0.677. The molecule has 0 radical (unpaired) electrons. The highest BCUT2D eigenvalue weighted by Gasteiger charge is 2.07. The molecular weight excluding hydrogens is 254 g/mol. The molecular formula is C6H6BrN5O2. The van der Waals surface area contributed by atoms with Gasteiger partial charge in [-0.1, -0.05) is 21.0 Å². The molecule has 0 bridgehead atoms. The van der Waals surface area contributed by atoms with Gasteiger partial charge in [0.05, 0.1) is 0 Å². The quantitative estimate of drug-likeness (QED) is 0.374. The number of rotatable bonds is 3. The van der Waals surface area contributed by atoms with Gasteiger partial charge >= 0.3 is 5.69 Å². The van der Waals surface area contributed by atoms with Crippen molar-refractivity contribution < 1.29 is 0 Å². The molecule has 0 fully saturated rings. The summed E-state index contributed by atoms with van der Waals surface area (Å²) in [4.78, 5) is 26.6. The zero-order chi connectivity index (χ0) is 10.6. The molecule has 8 heteroatoms. The maximum absolute atomic E-state index is 11.2. The average molecular weight is 260 g/mol. The van der Waals surface area contributed by atoms with Crippen molar-refractivity contribution in [2.45, 2.75) is 6.17 Å². The summed E-state index contributed by atoms with van der Waals surface area (Å²) in [5.74, 6) is 0. The van der Waals surface area contributed by atoms with Crippen LogP contribution in [0.25, 0.3) is 10.4 Å². The van der Waals surface area contributed by atoms with Gasteiger partial charge < -0.3 is 0 Å². The Labute approximate surface area is 86.1 Å². The number of azide groups is 1. The molecule has 0 aliphatic heterocycles. The second kappa shape index (κ2) is 4.64. The minimum Gasteiger partial charge on any atom is -0.291 e. The van der Waals surface area contributed by atoms with E-state index in [0.29, 0.717) is 5.33 Å². The Morgan fingerprint density at radius 1 is 1.71 bits per heavy atom. The van der Waals surface area contributed by atoms with Crippen LogP contribution >= 0.6 is 15.9 Å². The predicted octanol–water partition coefficient (Wildman–Crippen LogP) is 0.740. The van der Waals surface area contributed by atoms with Gasteiger partial charge in [0.1, 0.15) is 6.17 Å². The maximum Gasteiger partial charge on any atom is 0.328 e. The molecule has 0 aliphatic carbocycles. The standard InChI is InChI=1S/C6H6BrN5O2/c7-3-4(10-11-8)12-2-1-5(13)9-6(12)14/h1-2,4H,3H2,(H,9,13,14)/t4-/m1/s1. The van der Waals surface area contributed by atoms with E-state index in [-0.39, 0.29) is 0 Å². The largest absolute Gasteiger partial charge is 0.328 e. The van der Waals surface area contributed by atoms with E-state index in [1.807, 2.05) is 0 Å². The van der Waals surface area contributed by atoms with E-state index in [1.54, 1.807) is 0 Å². The first kappa shape index (κ1) is 10.6. The van der Waals surface area contributed by atoms with Gasteiger partial charge in [0.2, 0.25) is 0 Å². The Hall–Kier alpha value is -1.53. The van der Waals surface area contributed by atoms with Crippen LogP contribution in [0, 0.1) is 0 Å². The Kier molecular flexibility index (Phi) is 3.49. The van der Waals surface area contributed by atoms with Crippen LogP contribution in [0.2, 0.25) is 0 Å². The van der Waals surface area contributed by atoms with Crippen LogP contribution in [-0.2, 0) is 0 Å². The SMILES string of the molecule is [N-]=[N+]=N[C@@H](CBr)n1ccc(=O)[nH]c1=O. The molecule has 1 atom stereocenters. The minimum absolute atomic E-state index is 0.295. The van der Waals surface area contributed by atoms with Gasteiger partial charge in [-0.25, -0.2) is 4.79 Å². The number of H-pyrrole nitrogens is 1. The number of alkyl halides is 1. The number of aromatic nitrogens is 2. The Morgan fingerprint density at radius 3 is 2.93 bits per heavy atom. The predicted molar refractivity (Wildman–Crippen MR) is 53.3 cm³/mol. The second-order valence-electron chi connectivity index (χ2n) is 2.36. The fourth-order valence-corrected chi connectivity index (χ4v) is 1.32. The molecule has 0 saturated heterocycles. The Morgan fingerprint density at radius 2 is 2.43 bits per heavy atom. The molecule has 0 spiro atoms. The van der Waals surface area contributed by atoms with Crippen molar-refractivity contribution >= 4 is 15.9 Å². The van der Waals surface area contributed by atoms with E-state index < -0.39 is 17.4 Å². The number of nitrogens with zero attached hydrogens (tertiary/aromatic N) is 4. The Balaban J connectivity index is 3.24. The summed E-state index contributed by atoms with van der Waals surface area (Å²) in [6.45, 7) is 0. The number of nitrogens with one attached hydrogen (secondary N) is 1. The van der Waals surface area contributed by atoms with Crippen LogP contribution < -0.4 is 11.2 Å². The molecule has 7 nitrogen and oxygen atoms in total. The van der Waals surface area contributed by atoms with Crippen molar-refractivity contribution in [3.8, 4) is 0 Å². The van der Waals surface area contributed by atoms with Gasteiger partial charge in [-0.15, -0.1) is 0 Å². The highest BCUT2D eigenvalue weighted by Crippen LogP contribution is 2.07. The molecule has 0 saturated carbocycles. The molecule has 1 heterocycles. The molecule has 1 aromatic rings. The molecule has 14 heavy (non-hydrogen) atoms. The highest BCUT2D eigenvalue weighted by atomic mass is 79.9. The maximum atomic E-state index is 11.2. The normalized spacial score (nSPS) is 11.8. The first-order valence-electron chi connectivity index (χ1n) is 3.60. The Bertz CT molecular complexity index is 472. The zero-order valence-electron chi connectivity index (χ0n) is 6.92. The third-order valence-corrected chi connectivity index (χ3v) is 2.07. The van der Waals surface area contributed by atoms with E-state index in [9.17, 15) is 9.59 Å². The van der Waals surface area contributed by atoms with E-state index in [4.69, 9.17) is 5.53 Å². The monoisotopic (exact) mass is 259 g/mol. The molecule has 0 aliphatic rings. The van der Waals surface area contributed by atoms with Crippen LogP contribution in [0.15, 0.2) is 27.0 Å². The number of aromatic amines is 1. The fraction of sp³-hybridized carbons (Fsp3) is 0.333. The third-order valence-electron chi connectivity index (χ3n) is 1.50. The highest BCUT2D eigenvalue weighted by molar-refractivity contribution is 9.09. The van der Waals surface area contributed by atoms with E-state index in [1.165, 1.54) is 12.3 Å². The van der Waals surface area contributed by atoms with E-state index in [0.717, 1.165) is 4.57 Å². The lowest BCUT2D eigenvalue weighted by atomic mass is 10.5. The molecule has 0 aromatic carbocycles. The smallest absolute Gasteiger partial charge is 0.291 e. The summed E-state index contributed by atoms with van der Waals surface area (Å²) >= 11 is 3.09. The number of halogens is 1. The first-order chi connectivity index (χ1) is 6.69. The molecule has 1 rings (SSSR count). The van der Waals surface area contributed by atoms with Gasteiger partial charge in [-0.05, 0) is 5.53 Å². The van der Waals surface area contributed by atoms with Gasteiger partial charge in [-0.2, -0.15) is 0 Å². The second-order valence-corrected chi connectivity index (χ2v) is 3.00. The number of hydrogen-bond donors (Lipinski definition) is 1. The molecule has 0 amide bonds. The van der Waals surface area contributed by atoms with Gasteiger partial charge in [0.15, 0.2) is 0 Å². The van der Waals surface area contributed by atoms with Crippen molar-refractivity contribution in [1.29, 1.82) is 0 Å². The zero-order valence-corrected chi connectivity index (χ0v) is 8.51. The van der Waals surface area contributed by atoms with Gasteiger partial charge in [-0.3, -0.25) is 14.3 Å². The summed E-state index contributed by atoms with van der Waals surface area (Å²) in [6, 6.07) is 1.18. The van der Waals surface area contributed by atoms with Crippen molar-refractivity contribution in [2.24, 2.45) is 5.11 Å². The van der Waals surface area contributed by atoms with Crippen LogP contribution in [0.5, 0.6) is 0 Å². The summed E-state index contributed by atoms with van der Waals surface area (Å²) in [6.07, 6.45) is 0.603. The topological polar surface area (TPSA) is 104 Å². The molecule has 74 valence electrons. The lowest BCUT2D eigenvalue weighted by Gasteiger charge is -2.09. The van der Waals surface area contributed by atoms with Crippen LogP contribution in [0.3, 0.4) is 0 Å². The summed E-state index contributed by atoms with van der Waals surface area (Å²) in [5, 5.41) is 3.67. The molecule has 1 aromatic heterocycles. The summed E-state index contributed by atoms with van der Waals surface area (Å²) in [7, 11) is 0. The lowest BCUT2D eigenvalue weighted by molar-refractivity contribution is 0.545. The lowest BCUT2D eigenvalue weighted by Crippen LogP contribution is -2.31. The number of hydrogen-bond acceptors (Lipinski definition) is 3. The van der Waals surface area contributed by atoms with Crippen molar-refractivity contribution in [3.63, 3.8) is 0 Å². The average Bonchev–Trinajstić information content (AvgIpc) is 2.15. The molecule has 1 N–H and O–H groups in total. The van der Waals surface area contributed by atoms with Gasteiger partial charge in [0.25, 0.3) is 5.56 Å². The summed E-state index contributed by atoms with van der Waals surface area (Å²) in [5.41, 5.74) is 7.14. The van der Waals surface area contributed by atoms with Gasteiger partial charge in [0, 0.05) is 22.5 Å². The van der Waals surface area contributed by atoms with Crippen molar-refractivity contribution in [1.82, 2.24) is 9.55 Å². The van der Waals surface area contributed by atoms with E-state index >= 15 is 0 Å². The summed E-state index contributed by atoms with van der Waals surface area (Å²) < 4.78 is 1.13. The molecule has 0 unspecified atom stereocenters. The third kappa shape index (κ3) is 2.24. The van der Waals surface area contributed by atoms with Crippen LogP contribution in [0.1, 0.15) is 6.17 Å². The van der Waals surface area contributed by atoms with Crippen molar-refractivity contribution in [3.05, 3.63) is 43.5 Å². The fourth-order valence-electron chi connectivity index (χ4n) is 0.882. The van der Waals surface area contributed by atoms with E-state index in [2.05, 4.69) is 30.9 Å². The van der Waals surface area contributed by atoms with Crippen molar-refractivity contribution in [2.75, 3.05) is 5.33 Å². The first-order valence-corrected chi connectivity index (χ1v) is 4.73. The van der Waals surface area contributed by atoms with Crippen LogP contribution in [-0.4, -0.2) is 14.9 Å².